The monoisotopic (exact) mass is 1860 g/mol. The number of ketones is 2. The fourth-order valence-electron chi connectivity index (χ4n) is 18.6. The zero-order chi connectivity index (χ0) is 95.2. The summed E-state index contributed by atoms with van der Waals surface area (Å²) in [6.45, 7) is 18.9. The van der Waals surface area contributed by atoms with Gasteiger partial charge in [0.05, 0.1) is 149 Å². The minimum absolute atomic E-state index is 0.00839. The number of hydrogen-bond donors (Lipinski definition) is 8. The maximum atomic E-state index is 18.1. The highest BCUT2D eigenvalue weighted by atomic mass is 19.1. The van der Waals surface area contributed by atoms with Gasteiger partial charge in [0.25, 0.3) is 0 Å². The zero-order valence-corrected chi connectivity index (χ0v) is 78.1. The van der Waals surface area contributed by atoms with E-state index < -0.39 is 136 Å². The molecule has 0 spiro atoms. The summed E-state index contributed by atoms with van der Waals surface area (Å²) < 4.78 is 110. The van der Waals surface area contributed by atoms with Gasteiger partial charge in [0.1, 0.15) is 55.1 Å². The summed E-state index contributed by atoms with van der Waals surface area (Å²) in [6.07, 6.45) is 4.37. The van der Waals surface area contributed by atoms with E-state index in [2.05, 4.69) is 55.8 Å². The standard InChI is InChI=1S/C98H138F2N10O23/c1-8-19-89-132-84-61-74-75-60-77(99)76-59-72(111)35-37-95(76,6)97(75,100)82(112)62-96(74,7)98(84,133-89)83(113)64-130-73-31-29-71(30-32-73)106-92(118)67(5)105-94(120)90(66(3)4)108-93(119)79(24-17-18-38-103-87(116)65-131-81-26-12-10-11-23-78(91(81)109-101)102-39-43-123-47-51-127-56-58-129-57-53-125-49-45-121-41-9-2)107-86(115)36-42-122-46-50-126-54-55-128-52-48-124-44-40-104-85(114)33-34-88(117)110-63-70-22-14-13-20-68(70)27-28-69-21-15-16-25-80(69)110/h13-16,20-22,25,29-32,35,37,59,66-67,74-75,77,79,81-82,84,89-90,112H,8-12,17-19,23-24,26,33-34,36,38-58,60-65,101H2,1-7H3,(H,103,116)(H,104,114)(H,105,120)(H,106,118)(H,107,115)(H,108,119)/t67-,74-,75-,77-,79+,81?,82-,84+,89?,90-,95-,96-,97-,98+/m0/s1. The number of para-hydroxylation sites is 1. The number of nitrogens with zero attached hydrogens (tertiary/aromatic N) is 3. The van der Waals surface area contributed by atoms with Gasteiger partial charge in [-0.25, -0.2) is 8.78 Å². The maximum absolute atomic E-state index is 18.1. The fraction of sp³-hybridized carbons (Fsp3) is 0.643. The number of alkyl halides is 2. The van der Waals surface area contributed by atoms with Crippen molar-refractivity contribution in [2.45, 2.75) is 224 Å². The van der Waals surface area contributed by atoms with E-state index in [0.29, 0.717) is 134 Å². The highest BCUT2D eigenvalue weighted by Crippen LogP contribution is 2.72. The van der Waals surface area contributed by atoms with Crippen molar-refractivity contribution in [1.29, 1.82) is 0 Å². The molecule has 2 unspecified atom stereocenters. The third kappa shape index (κ3) is 29.3. The van der Waals surface area contributed by atoms with Crippen LogP contribution in [0.3, 0.4) is 0 Å². The number of carbonyl (C=O) groups is 9. The summed E-state index contributed by atoms with van der Waals surface area (Å²) >= 11 is 0. The molecule has 0 bridgehead atoms. The fourth-order valence-corrected chi connectivity index (χ4v) is 18.6. The number of aliphatic imine (C=N–C) groups is 1. The van der Waals surface area contributed by atoms with Crippen molar-refractivity contribution in [2.75, 3.05) is 162 Å². The van der Waals surface area contributed by atoms with E-state index in [0.717, 1.165) is 55.1 Å². The SMILES string of the molecule is CCCOCCOCCOCCOCCOCCN=C1CCCCCC(OCC(=O)NCCCC[C@@H](NC(=O)CCOCCOCCOCCOCCNC(=O)CCC(=O)N2Cc3ccccc3C#Cc3ccccc32)C(=O)N[C@H](C(=O)N[C@@H](C)C(=O)Nc2ccc(OCC(=O)[C@@]34OC(CCC)O[C@@H]3C[C@H]3[C@@H]5C[C@H](F)C6=CC(=O)C=C[C@]6(C)[C@@]5(F)[C@@H](O)C[C@@]34C)cc2)C(C)C)C1=NN. The number of nitrogens with two attached hydrogens (primary N) is 1. The number of hydrazone groups is 1. The van der Waals surface area contributed by atoms with Crippen LogP contribution in [0.5, 0.6) is 5.75 Å². The molecule has 5 aliphatic carbocycles. The number of ether oxygens (including phenoxy) is 13. The first-order valence-electron chi connectivity index (χ1n) is 47.2. The Morgan fingerprint density at radius 2 is 1.29 bits per heavy atom. The van der Waals surface area contributed by atoms with E-state index in [4.69, 9.17) is 72.4 Å². The average Bonchev–Trinajstić information content (AvgIpc) is 1.51. The van der Waals surface area contributed by atoms with E-state index in [-0.39, 0.29) is 141 Å². The van der Waals surface area contributed by atoms with E-state index in [1.165, 1.54) is 50.3 Å². The zero-order valence-electron chi connectivity index (χ0n) is 78.1. The first-order chi connectivity index (χ1) is 64.3. The van der Waals surface area contributed by atoms with Crippen molar-refractivity contribution in [3.63, 3.8) is 0 Å². The van der Waals surface area contributed by atoms with E-state index in [1.54, 1.807) is 25.7 Å². The summed E-state index contributed by atoms with van der Waals surface area (Å²) in [5.74, 6) is 6.02. The maximum Gasteiger partial charge on any atom is 0.246 e. The number of hydrogen-bond acceptors (Lipinski definition) is 26. The Bertz CT molecular complexity index is 4510. The van der Waals surface area contributed by atoms with Crippen LogP contribution in [0.15, 0.2) is 107 Å². The number of amides is 7. The first-order valence-corrected chi connectivity index (χ1v) is 47.2. The van der Waals surface area contributed by atoms with Crippen LogP contribution in [0.2, 0.25) is 0 Å². The summed E-state index contributed by atoms with van der Waals surface area (Å²) in [4.78, 5) is 130. The summed E-state index contributed by atoms with van der Waals surface area (Å²) in [6, 6.07) is 17.8. The molecule has 2 heterocycles. The molecule has 33 nitrogen and oxygen atoms in total. The number of allylic oxidation sites excluding steroid dienone is 4. The molecular formula is C98H138F2N10O23. The van der Waals surface area contributed by atoms with Crippen LogP contribution in [0.1, 0.15) is 174 Å². The molecule has 2 aliphatic heterocycles. The topological polar surface area (TPSA) is 420 Å². The molecule has 1 saturated heterocycles. The number of benzene rings is 3. The number of fused-ring (bicyclic) bond motifs is 9. The minimum atomic E-state index is -2.38. The molecule has 14 atom stereocenters. The van der Waals surface area contributed by atoms with E-state index in [1.807, 2.05) is 55.5 Å². The van der Waals surface area contributed by atoms with E-state index in [9.17, 15) is 48.3 Å². The summed E-state index contributed by atoms with van der Waals surface area (Å²) in [5.41, 5.74) is -2.26. The molecule has 35 heteroatoms. The van der Waals surface area contributed by atoms with Gasteiger partial charge in [-0.15, -0.1) is 0 Å². The van der Waals surface area contributed by atoms with Gasteiger partial charge in [-0.3, -0.25) is 48.1 Å². The third-order valence-corrected chi connectivity index (χ3v) is 25.6. The van der Waals surface area contributed by atoms with Crippen molar-refractivity contribution in [2.24, 2.45) is 44.5 Å². The van der Waals surface area contributed by atoms with Gasteiger partial charge in [0.15, 0.2) is 23.3 Å². The molecular weight excluding hydrogens is 1720 g/mol. The molecule has 732 valence electrons. The average molecular weight is 1860 g/mol. The van der Waals surface area contributed by atoms with Crippen molar-refractivity contribution < 1.29 is 119 Å². The van der Waals surface area contributed by atoms with Crippen LogP contribution in [0.25, 0.3) is 0 Å². The van der Waals surface area contributed by atoms with Gasteiger partial charge >= 0.3 is 0 Å². The Morgan fingerprint density at radius 3 is 1.95 bits per heavy atom. The Morgan fingerprint density at radius 1 is 0.654 bits per heavy atom. The van der Waals surface area contributed by atoms with Gasteiger partial charge in [0.2, 0.25) is 47.1 Å². The molecule has 0 aromatic heterocycles. The number of carbonyl (C=O) groups excluding carboxylic acids is 9. The minimum Gasteiger partial charge on any atom is -0.486 e. The number of anilines is 2. The summed E-state index contributed by atoms with van der Waals surface area (Å²) in [5, 5.41) is 32.9. The van der Waals surface area contributed by atoms with Crippen LogP contribution in [-0.4, -0.2) is 281 Å². The normalized spacial score (nSPS) is 24.7. The molecule has 3 aromatic carbocycles. The lowest BCUT2D eigenvalue weighted by Crippen LogP contribution is -2.71. The predicted octanol–water partition coefficient (Wildman–Crippen LogP) is 8.10. The van der Waals surface area contributed by atoms with Gasteiger partial charge in [-0.05, 0) is 162 Å². The van der Waals surface area contributed by atoms with Crippen LogP contribution in [0.4, 0.5) is 20.2 Å². The van der Waals surface area contributed by atoms with Gasteiger partial charge in [-0.2, -0.15) is 5.10 Å². The number of Topliss-reactive ketones (excluding diaryl/α,β-unsaturated/α-hetero) is 1. The highest BCUT2D eigenvalue weighted by molar-refractivity contribution is 6.44. The summed E-state index contributed by atoms with van der Waals surface area (Å²) in [7, 11) is 0. The Labute approximate surface area is 779 Å². The Hall–Kier alpha value is -9.39. The second kappa shape index (κ2) is 53.8. The Kier molecular flexibility index (Phi) is 42.7. The molecule has 4 saturated carbocycles. The van der Waals surface area contributed by atoms with Gasteiger partial charge in [-0.1, -0.05) is 102 Å². The number of unbranched alkanes of at least 4 members (excludes halogenated alkanes) is 1. The van der Waals surface area contributed by atoms with Crippen molar-refractivity contribution in [3.05, 3.63) is 113 Å². The van der Waals surface area contributed by atoms with E-state index >= 15 is 8.78 Å². The smallest absolute Gasteiger partial charge is 0.246 e. The van der Waals surface area contributed by atoms with Crippen molar-refractivity contribution in [3.8, 4) is 17.6 Å². The largest absolute Gasteiger partial charge is 0.486 e. The first kappa shape index (κ1) is 106. The lowest BCUT2D eigenvalue weighted by atomic mass is 9.44. The van der Waals surface area contributed by atoms with Crippen LogP contribution in [-0.2, 0) is 107 Å². The van der Waals surface area contributed by atoms with Crippen LogP contribution >= 0.6 is 0 Å². The molecule has 10 rings (SSSR count). The third-order valence-electron chi connectivity index (χ3n) is 25.6. The van der Waals surface area contributed by atoms with Gasteiger partial charge < -0.3 is 109 Å². The highest BCUT2D eigenvalue weighted by Gasteiger charge is 2.80. The predicted molar refractivity (Wildman–Crippen MR) is 491 cm³/mol. The quantitative estimate of drug-likeness (QED) is 0.0114. The van der Waals surface area contributed by atoms with Crippen LogP contribution < -0.4 is 47.4 Å². The number of rotatable bonds is 57. The molecule has 0 radical (unpaired) electrons. The van der Waals surface area contributed by atoms with Crippen molar-refractivity contribution >= 4 is 75.7 Å². The number of aliphatic hydroxyl groups is 1. The molecule has 9 N–H and O–H groups in total. The lowest BCUT2D eigenvalue weighted by Gasteiger charge is -2.63. The van der Waals surface area contributed by atoms with Crippen LogP contribution in [0, 0.1) is 40.4 Å². The number of halogens is 2. The number of nitrogens with one attached hydrogen (secondary N) is 6. The second-order valence-corrected chi connectivity index (χ2v) is 35.2. The molecule has 3 aromatic rings. The molecule has 7 amide bonds. The lowest BCUT2D eigenvalue weighted by molar-refractivity contribution is -0.234. The van der Waals surface area contributed by atoms with Gasteiger partial charge in [0, 0.05) is 72.5 Å². The second-order valence-electron chi connectivity index (χ2n) is 35.2. The Balaban J connectivity index is 0.651. The van der Waals surface area contributed by atoms with Crippen molar-refractivity contribution in [1.82, 2.24) is 26.6 Å². The molecule has 133 heavy (non-hydrogen) atoms. The molecule has 5 fully saturated rings. The molecule has 7 aliphatic rings. The number of aliphatic hydroxyl groups excluding tert-OH is 1.